The highest BCUT2D eigenvalue weighted by Gasteiger charge is 2.22. The second kappa shape index (κ2) is 8.05. The van der Waals surface area contributed by atoms with Crippen molar-refractivity contribution in [2.45, 2.75) is 19.4 Å². The average molecular weight is 402 g/mol. The lowest BCUT2D eigenvalue weighted by Crippen LogP contribution is -2.43. The molecular formula is C24H26N4O2. The SMILES string of the molecule is CN1CCN(Cc2cc(-c3ccncc3)c(-c3ccc4c(c3)CC/C4=N\O)o2)CC1. The van der Waals surface area contributed by atoms with Gasteiger partial charge in [0, 0.05) is 55.3 Å². The number of oxime groups is 1. The summed E-state index contributed by atoms with van der Waals surface area (Å²) in [6.07, 6.45) is 5.30. The Morgan fingerprint density at radius 1 is 0.967 bits per heavy atom. The zero-order chi connectivity index (χ0) is 20.5. The van der Waals surface area contributed by atoms with Crippen LogP contribution in [0, 0.1) is 0 Å². The van der Waals surface area contributed by atoms with Gasteiger partial charge in [0.2, 0.25) is 0 Å². The maximum atomic E-state index is 9.22. The molecule has 154 valence electrons. The molecule has 0 atom stereocenters. The van der Waals surface area contributed by atoms with E-state index in [1.165, 1.54) is 5.56 Å². The van der Waals surface area contributed by atoms with Gasteiger partial charge in [-0.15, -0.1) is 0 Å². The quantitative estimate of drug-likeness (QED) is 0.530. The number of hydrogen-bond acceptors (Lipinski definition) is 6. The van der Waals surface area contributed by atoms with Gasteiger partial charge in [0.05, 0.1) is 12.3 Å². The number of aryl methyl sites for hydroxylation is 1. The Morgan fingerprint density at radius 2 is 1.77 bits per heavy atom. The Hall–Kier alpha value is -2.96. The fourth-order valence-corrected chi connectivity index (χ4v) is 4.42. The number of aromatic nitrogens is 1. The normalized spacial score (nSPS) is 18.8. The molecule has 1 aromatic carbocycles. The number of fused-ring (bicyclic) bond motifs is 1. The summed E-state index contributed by atoms with van der Waals surface area (Å²) >= 11 is 0. The number of rotatable bonds is 4. The summed E-state index contributed by atoms with van der Waals surface area (Å²) < 4.78 is 6.44. The molecule has 3 aromatic rings. The van der Waals surface area contributed by atoms with Crippen LogP contribution in [0.1, 0.15) is 23.3 Å². The van der Waals surface area contributed by atoms with E-state index in [2.05, 4.69) is 45.2 Å². The smallest absolute Gasteiger partial charge is 0.142 e. The van der Waals surface area contributed by atoms with Crippen molar-refractivity contribution < 1.29 is 9.62 Å². The summed E-state index contributed by atoms with van der Waals surface area (Å²) in [5, 5.41) is 12.7. The molecule has 5 rings (SSSR count). The Kier molecular flexibility index (Phi) is 5.11. The van der Waals surface area contributed by atoms with Crippen LogP contribution in [0.5, 0.6) is 0 Å². The van der Waals surface area contributed by atoms with Crippen molar-refractivity contribution in [2.24, 2.45) is 5.16 Å². The van der Waals surface area contributed by atoms with Crippen molar-refractivity contribution in [1.29, 1.82) is 0 Å². The molecule has 0 bridgehead atoms. The van der Waals surface area contributed by atoms with Crippen molar-refractivity contribution in [3.63, 3.8) is 0 Å². The maximum Gasteiger partial charge on any atom is 0.142 e. The first kappa shape index (κ1) is 19.0. The zero-order valence-corrected chi connectivity index (χ0v) is 17.2. The minimum Gasteiger partial charge on any atom is -0.459 e. The molecular weight excluding hydrogens is 376 g/mol. The first-order chi connectivity index (χ1) is 14.7. The molecule has 1 fully saturated rings. The van der Waals surface area contributed by atoms with Crippen LogP contribution in [-0.4, -0.2) is 58.9 Å². The van der Waals surface area contributed by atoms with Crippen molar-refractivity contribution >= 4 is 5.71 Å². The second-order valence-electron chi connectivity index (χ2n) is 8.19. The summed E-state index contributed by atoms with van der Waals surface area (Å²) in [6, 6.07) is 12.5. The third kappa shape index (κ3) is 3.64. The lowest BCUT2D eigenvalue weighted by Gasteiger charge is -2.31. The van der Waals surface area contributed by atoms with Crippen LogP contribution < -0.4 is 0 Å². The first-order valence-corrected chi connectivity index (χ1v) is 10.5. The molecule has 0 spiro atoms. The van der Waals surface area contributed by atoms with Crippen LogP contribution in [0.4, 0.5) is 0 Å². The highest BCUT2D eigenvalue weighted by Crippen LogP contribution is 2.37. The molecule has 30 heavy (non-hydrogen) atoms. The topological polar surface area (TPSA) is 65.1 Å². The van der Waals surface area contributed by atoms with Gasteiger partial charge < -0.3 is 14.5 Å². The van der Waals surface area contributed by atoms with Gasteiger partial charge in [-0.25, -0.2) is 0 Å². The average Bonchev–Trinajstić information content (AvgIpc) is 3.39. The van der Waals surface area contributed by atoms with Gasteiger partial charge in [-0.3, -0.25) is 9.88 Å². The van der Waals surface area contributed by atoms with E-state index in [9.17, 15) is 5.21 Å². The van der Waals surface area contributed by atoms with Gasteiger partial charge in [-0.2, -0.15) is 0 Å². The summed E-state index contributed by atoms with van der Waals surface area (Å²) in [4.78, 5) is 8.98. The Bertz CT molecular complexity index is 1070. The number of pyridine rings is 1. The Balaban J connectivity index is 1.51. The van der Waals surface area contributed by atoms with E-state index in [1.807, 2.05) is 30.6 Å². The largest absolute Gasteiger partial charge is 0.459 e. The van der Waals surface area contributed by atoms with Crippen molar-refractivity contribution in [2.75, 3.05) is 33.2 Å². The molecule has 0 amide bonds. The number of likely N-dealkylation sites (N-methyl/N-ethyl adjacent to an activating group) is 1. The first-order valence-electron chi connectivity index (χ1n) is 10.5. The standard InChI is InChI=1S/C24H26N4O2/c1-27-10-12-28(13-11-27)16-20-15-22(17-6-8-25-9-7-17)24(30-20)19-2-4-21-18(14-19)3-5-23(21)26-29/h2,4,6-9,14-15,29H,3,5,10-13,16H2,1H3/b26-23+. The molecule has 0 saturated carbocycles. The molecule has 3 heterocycles. The lowest BCUT2D eigenvalue weighted by molar-refractivity contribution is 0.140. The minimum atomic E-state index is 0.765. The van der Waals surface area contributed by atoms with Gasteiger partial charge in [-0.1, -0.05) is 17.3 Å². The van der Waals surface area contributed by atoms with E-state index in [-0.39, 0.29) is 0 Å². The highest BCUT2D eigenvalue weighted by atomic mass is 16.4. The molecule has 1 N–H and O–H groups in total. The van der Waals surface area contributed by atoms with Gasteiger partial charge in [0.15, 0.2) is 0 Å². The molecule has 2 aliphatic rings. The van der Waals surface area contributed by atoms with Crippen LogP contribution in [0.15, 0.2) is 58.4 Å². The minimum absolute atomic E-state index is 0.765. The second-order valence-corrected chi connectivity index (χ2v) is 8.19. The number of benzene rings is 1. The number of piperazine rings is 1. The van der Waals surface area contributed by atoms with Gasteiger partial charge in [0.25, 0.3) is 0 Å². The summed E-state index contributed by atoms with van der Waals surface area (Å²) in [6.45, 7) is 5.10. The van der Waals surface area contributed by atoms with E-state index < -0.39 is 0 Å². The fraction of sp³-hybridized carbons (Fsp3) is 0.333. The predicted octanol–water partition coefficient (Wildman–Crippen LogP) is 3.88. The molecule has 6 heteroatoms. The van der Waals surface area contributed by atoms with Crippen molar-refractivity contribution in [3.8, 4) is 22.5 Å². The van der Waals surface area contributed by atoms with E-state index in [0.29, 0.717) is 0 Å². The van der Waals surface area contributed by atoms with E-state index in [1.54, 1.807) is 0 Å². The lowest BCUT2D eigenvalue weighted by atomic mass is 9.99. The molecule has 6 nitrogen and oxygen atoms in total. The monoisotopic (exact) mass is 402 g/mol. The van der Waals surface area contributed by atoms with Gasteiger partial charge in [-0.05, 0) is 55.3 Å². The number of furan rings is 1. The maximum absolute atomic E-state index is 9.22. The van der Waals surface area contributed by atoms with Crippen molar-refractivity contribution in [3.05, 3.63) is 65.7 Å². The fourth-order valence-electron chi connectivity index (χ4n) is 4.42. The van der Waals surface area contributed by atoms with Crippen LogP contribution in [0.3, 0.4) is 0 Å². The van der Waals surface area contributed by atoms with Crippen molar-refractivity contribution in [1.82, 2.24) is 14.8 Å². The summed E-state index contributed by atoms with van der Waals surface area (Å²) in [5.41, 5.74) is 6.27. The van der Waals surface area contributed by atoms with Gasteiger partial charge in [0.1, 0.15) is 11.5 Å². The van der Waals surface area contributed by atoms with Crippen LogP contribution >= 0.6 is 0 Å². The molecule has 2 aromatic heterocycles. The molecule has 1 saturated heterocycles. The Morgan fingerprint density at radius 3 is 2.53 bits per heavy atom. The van der Waals surface area contributed by atoms with E-state index in [4.69, 9.17) is 4.42 Å². The van der Waals surface area contributed by atoms with Crippen LogP contribution in [0.2, 0.25) is 0 Å². The zero-order valence-electron chi connectivity index (χ0n) is 17.2. The number of hydrogen-bond donors (Lipinski definition) is 1. The predicted molar refractivity (Wildman–Crippen MR) is 117 cm³/mol. The van der Waals surface area contributed by atoms with Gasteiger partial charge >= 0.3 is 0 Å². The molecule has 0 unspecified atom stereocenters. The number of nitrogens with zero attached hydrogens (tertiary/aromatic N) is 4. The third-order valence-electron chi connectivity index (χ3n) is 6.18. The highest BCUT2D eigenvalue weighted by molar-refractivity contribution is 6.04. The summed E-state index contributed by atoms with van der Waals surface area (Å²) in [7, 11) is 2.17. The van der Waals surface area contributed by atoms with E-state index in [0.717, 1.165) is 85.1 Å². The van der Waals surface area contributed by atoms with Crippen LogP contribution in [-0.2, 0) is 13.0 Å². The molecule has 0 radical (unpaired) electrons. The molecule has 1 aliphatic carbocycles. The summed E-state index contributed by atoms with van der Waals surface area (Å²) in [5.74, 6) is 1.88. The third-order valence-corrected chi connectivity index (χ3v) is 6.18. The Labute approximate surface area is 176 Å². The van der Waals surface area contributed by atoms with E-state index >= 15 is 0 Å². The molecule has 1 aliphatic heterocycles. The van der Waals surface area contributed by atoms with Crippen LogP contribution in [0.25, 0.3) is 22.5 Å².